The zero-order chi connectivity index (χ0) is 13.0. The largest absolute Gasteiger partial charge is 0.385 e. The molecule has 1 aromatic rings. The molecule has 1 aromatic carbocycles. The summed E-state index contributed by atoms with van der Waals surface area (Å²) in [5, 5.41) is 10.7. The highest BCUT2D eigenvalue weighted by Crippen LogP contribution is 2.32. The molecule has 0 atom stereocenters. The van der Waals surface area contributed by atoms with E-state index < -0.39 is 5.60 Å². The Balaban J connectivity index is 2.03. The highest BCUT2D eigenvalue weighted by Gasteiger charge is 2.33. The van der Waals surface area contributed by atoms with Gasteiger partial charge in [-0.05, 0) is 30.4 Å². The number of hydrogen-bond donors (Lipinski definition) is 2. The molecule has 1 aliphatic rings. The Morgan fingerprint density at radius 1 is 1.22 bits per heavy atom. The molecule has 1 saturated heterocycles. The van der Waals surface area contributed by atoms with Crippen LogP contribution in [0.25, 0.3) is 0 Å². The van der Waals surface area contributed by atoms with Gasteiger partial charge < -0.3 is 15.7 Å². The highest BCUT2D eigenvalue weighted by atomic mass is 16.3. The lowest BCUT2D eigenvalue weighted by molar-refractivity contribution is -0.0251. The van der Waals surface area contributed by atoms with Gasteiger partial charge in [-0.15, -0.1) is 0 Å². The SMILES string of the molecule is CCc1ccc(C2(O)CCN(CCN)CC2)cc1. The first-order valence-electron chi connectivity index (χ1n) is 6.92. The first-order chi connectivity index (χ1) is 8.68. The predicted octanol–water partition coefficient (Wildman–Crippen LogP) is 1.49. The molecule has 3 nitrogen and oxygen atoms in total. The molecule has 2 rings (SSSR count). The third-order valence-corrected chi connectivity index (χ3v) is 4.03. The van der Waals surface area contributed by atoms with Crippen LogP contribution in [0.3, 0.4) is 0 Å². The predicted molar refractivity (Wildman–Crippen MR) is 74.4 cm³/mol. The quantitative estimate of drug-likeness (QED) is 0.849. The molecule has 1 aliphatic heterocycles. The summed E-state index contributed by atoms with van der Waals surface area (Å²) in [7, 11) is 0. The average molecular weight is 248 g/mol. The van der Waals surface area contributed by atoms with Crippen molar-refractivity contribution >= 4 is 0 Å². The average Bonchev–Trinajstić information content (AvgIpc) is 2.42. The molecular weight excluding hydrogens is 224 g/mol. The Kier molecular flexibility index (Phi) is 4.38. The molecule has 18 heavy (non-hydrogen) atoms. The van der Waals surface area contributed by atoms with E-state index in [9.17, 15) is 5.11 Å². The van der Waals surface area contributed by atoms with E-state index in [4.69, 9.17) is 5.73 Å². The first kappa shape index (κ1) is 13.5. The van der Waals surface area contributed by atoms with Crippen molar-refractivity contribution in [2.75, 3.05) is 26.2 Å². The van der Waals surface area contributed by atoms with E-state index in [1.54, 1.807) is 0 Å². The van der Waals surface area contributed by atoms with Crippen LogP contribution in [0.15, 0.2) is 24.3 Å². The normalized spacial score (nSPS) is 19.9. The zero-order valence-electron chi connectivity index (χ0n) is 11.2. The Morgan fingerprint density at radius 3 is 2.33 bits per heavy atom. The van der Waals surface area contributed by atoms with Crippen LogP contribution in [-0.2, 0) is 12.0 Å². The van der Waals surface area contributed by atoms with Gasteiger partial charge in [0.2, 0.25) is 0 Å². The molecule has 3 heteroatoms. The van der Waals surface area contributed by atoms with Crippen LogP contribution in [0.1, 0.15) is 30.9 Å². The molecule has 0 spiro atoms. The molecule has 0 bridgehead atoms. The second kappa shape index (κ2) is 5.83. The number of aliphatic hydroxyl groups is 1. The van der Waals surface area contributed by atoms with Gasteiger partial charge in [0.25, 0.3) is 0 Å². The van der Waals surface area contributed by atoms with E-state index in [2.05, 4.69) is 36.1 Å². The number of likely N-dealkylation sites (tertiary alicyclic amines) is 1. The summed E-state index contributed by atoms with van der Waals surface area (Å²) in [4.78, 5) is 2.33. The van der Waals surface area contributed by atoms with Crippen molar-refractivity contribution in [3.8, 4) is 0 Å². The van der Waals surface area contributed by atoms with Crippen molar-refractivity contribution in [1.82, 2.24) is 4.90 Å². The fraction of sp³-hybridized carbons (Fsp3) is 0.600. The molecule has 0 aromatic heterocycles. The van der Waals surface area contributed by atoms with Gasteiger partial charge in [0.15, 0.2) is 0 Å². The summed E-state index contributed by atoms with van der Waals surface area (Å²) in [6, 6.07) is 8.41. The zero-order valence-corrected chi connectivity index (χ0v) is 11.2. The second-order valence-corrected chi connectivity index (χ2v) is 5.21. The number of nitrogens with zero attached hydrogens (tertiary/aromatic N) is 1. The Hall–Kier alpha value is -0.900. The van der Waals surface area contributed by atoms with Crippen LogP contribution in [-0.4, -0.2) is 36.2 Å². The van der Waals surface area contributed by atoms with Gasteiger partial charge >= 0.3 is 0 Å². The van der Waals surface area contributed by atoms with Crippen molar-refractivity contribution in [3.63, 3.8) is 0 Å². The highest BCUT2D eigenvalue weighted by molar-refractivity contribution is 5.27. The molecular formula is C15H24N2O. The minimum absolute atomic E-state index is 0.641. The molecule has 0 aliphatic carbocycles. The summed E-state index contributed by atoms with van der Waals surface area (Å²) >= 11 is 0. The molecule has 1 fully saturated rings. The number of benzene rings is 1. The number of nitrogens with two attached hydrogens (primary N) is 1. The van der Waals surface area contributed by atoms with E-state index in [1.165, 1.54) is 5.56 Å². The fourth-order valence-corrected chi connectivity index (χ4v) is 2.67. The maximum atomic E-state index is 10.7. The van der Waals surface area contributed by atoms with Crippen LogP contribution in [0, 0.1) is 0 Å². The van der Waals surface area contributed by atoms with Crippen LogP contribution < -0.4 is 5.73 Å². The molecule has 0 unspecified atom stereocenters. The van der Waals surface area contributed by atoms with Crippen molar-refractivity contribution in [2.45, 2.75) is 31.8 Å². The lowest BCUT2D eigenvalue weighted by atomic mass is 9.84. The summed E-state index contributed by atoms with van der Waals surface area (Å²) in [5.41, 5.74) is 7.31. The minimum atomic E-state index is -0.641. The van der Waals surface area contributed by atoms with E-state index in [-0.39, 0.29) is 0 Å². The topological polar surface area (TPSA) is 49.5 Å². The lowest BCUT2D eigenvalue weighted by Crippen LogP contribution is -2.44. The van der Waals surface area contributed by atoms with Gasteiger partial charge in [-0.3, -0.25) is 0 Å². The van der Waals surface area contributed by atoms with E-state index in [0.29, 0.717) is 6.54 Å². The van der Waals surface area contributed by atoms with Crippen LogP contribution in [0.4, 0.5) is 0 Å². The van der Waals surface area contributed by atoms with E-state index in [1.807, 2.05) is 0 Å². The van der Waals surface area contributed by atoms with Gasteiger partial charge in [0.1, 0.15) is 0 Å². The summed E-state index contributed by atoms with van der Waals surface area (Å²) in [6.45, 7) is 5.65. The molecule has 100 valence electrons. The van der Waals surface area contributed by atoms with Gasteiger partial charge in [0.05, 0.1) is 5.60 Å². The fourth-order valence-electron chi connectivity index (χ4n) is 2.67. The molecule has 3 N–H and O–H groups in total. The van der Waals surface area contributed by atoms with Crippen molar-refractivity contribution in [1.29, 1.82) is 0 Å². The number of rotatable bonds is 4. The Bertz CT molecular complexity index is 367. The summed E-state index contributed by atoms with van der Waals surface area (Å²) in [6.07, 6.45) is 2.65. The van der Waals surface area contributed by atoms with Crippen LogP contribution >= 0.6 is 0 Å². The number of piperidine rings is 1. The van der Waals surface area contributed by atoms with E-state index >= 15 is 0 Å². The molecule has 0 saturated carbocycles. The smallest absolute Gasteiger partial charge is 0.0920 e. The number of hydrogen-bond acceptors (Lipinski definition) is 3. The third-order valence-electron chi connectivity index (χ3n) is 4.03. The van der Waals surface area contributed by atoms with Crippen LogP contribution in [0.2, 0.25) is 0 Å². The molecule has 0 amide bonds. The van der Waals surface area contributed by atoms with Crippen molar-refractivity contribution < 1.29 is 5.11 Å². The van der Waals surface area contributed by atoms with Crippen molar-refractivity contribution in [3.05, 3.63) is 35.4 Å². The first-order valence-corrected chi connectivity index (χ1v) is 6.92. The third kappa shape index (κ3) is 2.91. The summed E-state index contributed by atoms with van der Waals surface area (Å²) in [5.74, 6) is 0. The standard InChI is InChI=1S/C15H24N2O/c1-2-13-3-5-14(6-4-13)15(18)7-10-17(11-8-15)12-9-16/h3-6,18H,2,7-12,16H2,1H3. The van der Waals surface area contributed by atoms with Gasteiger partial charge in [-0.1, -0.05) is 31.2 Å². The minimum Gasteiger partial charge on any atom is -0.385 e. The maximum absolute atomic E-state index is 10.7. The van der Waals surface area contributed by atoms with Gasteiger partial charge in [-0.25, -0.2) is 0 Å². The molecule has 1 heterocycles. The van der Waals surface area contributed by atoms with Crippen molar-refractivity contribution in [2.24, 2.45) is 5.73 Å². The van der Waals surface area contributed by atoms with Gasteiger partial charge in [0, 0.05) is 26.2 Å². The Labute approximate surface area is 110 Å². The van der Waals surface area contributed by atoms with Crippen LogP contribution in [0.5, 0.6) is 0 Å². The van der Waals surface area contributed by atoms with E-state index in [0.717, 1.165) is 44.5 Å². The van der Waals surface area contributed by atoms with Gasteiger partial charge in [-0.2, -0.15) is 0 Å². The lowest BCUT2D eigenvalue weighted by Gasteiger charge is -2.38. The second-order valence-electron chi connectivity index (χ2n) is 5.21. The maximum Gasteiger partial charge on any atom is 0.0920 e. The monoisotopic (exact) mass is 248 g/mol. The summed E-state index contributed by atoms with van der Waals surface area (Å²) < 4.78 is 0. The molecule has 0 radical (unpaired) electrons. The Morgan fingerprint density at radius 2 is 1.83 bits per heavy atom. The number of aryl methyl sites for hydroxylation is 1.